The molecule has 2 aromatic heterocycles. The molecule has 0 atom stereocenters. The minimum absolute atomic E-state index is 0.430. The molecule has 0 saturated heterocycles. The Hall–Kier alpha value is -17.1. The van der Waals surface area contributed by atoms with Gasteiger partial charge in [-0.05, 0) is 190 Å². The summed E-state index contributed by atoms with van der Waals surface area (Å²) in [5.41, 5.74) is 36.6. The van der Waals surface area contributed by atoms with Crippen LogP contribution in [0.15, 0.2) is 485 Å². The van der Waals surface area contributed by atoms with Gasteiger partial charge in [-0.15, -0.1) is 0 Å². The van der Waals surface area contributed by atoms with E-state index in [1.165, 1.54) is 133 Å². The van der Waals surface area contributed by atoms with Crippen molar-refractivity contribution >= 4 is 21.5 Å². The second-order valence-corrected chi connectivity index (χ2v) is 33.7. The van der Waals surface area contributed by atoms with E-state index in [1.54, 1.807) is 0 Å². The van der Waals surface area contributed by atoms with Crippen molar-refractivity contribution in [3.63, 3.8) is 0 Å². The third-order valence-corrected chi connectivity index (χ3v) is 26.6. The SMILES string of the molecule is c1ccc(-c2ccc(-c3nc(-c4ccccc4)nc(-c4cccc(-c5c(-c6ccc7c(c6)C(c6ccccc6)(c6ccccc6)c6ccccc6-7)ccc6ccccc56)c4)n3)cc2)cc1.c1ccc(-c2ccc(-c3nc(-c4ccccc4)nc(-c4cccc(-c5c(-c6ccc7c(c6)C6(c8ccccc8-c8ccccc86)c6ccccc6-7)ccc6ccccc56)c4)n3)cc2)cc1. The first-order chi connectivity index (χ1) is 64.4. The van der Waals surface area contributed by atoms with Crippen molar-refractivity contribution in [1.29, 1.82) is 0 Å². The molecule has 25 rings (SSSR count). The maximum Gasteiger partial charge on any atom is 0.164 e. The second-order valence-electron chi connectivity index (χ2n) is 33.7. The molecule has 0 amide bonds. The fourth-order valence-electron chi connectivity index (χ4n) is 20.7. The average Bonchev–Trinajstić information content (AvgIpc) is 1.52. The summed E-state index contributed by atoms with van der Waals surface area (Å²) in [4.78, 5) is 30.8. The summed E-state index contributed by atoms with van der Waals surface area (Å²) >= 11 is 0. The van der Waals surface area contributed by atoms with Crippen LogP contribution in [0, 0.1) is 0 Å². The lowest BCUT2D eigenvalue weighted by atomic mass is 9.67. The molecule has 3 aliphatic rings. The molecular formula is C124H80N6. The van der Waals surface area contributed by atoms with Crippen LogP contribution in [-0.4, -0.2) is 29.9 Å². The van der Waals surface area contributed by atoms with Crippen LogP contribution in [0.3, 0.4) is 0 Å². The van der Waals surface area contributed by atoms with Gasteiger partial charge in [0.1, 0.15) is 0 Å². The van der Waals surface area contributed by atoms with E-state index in [0.29, 0.717) is 34.9 Å². The molecular weight excluding hydrogens is 1570 g/mol. The number of aromatic nitrogens is 6. The van der Waals surface area contributed by atoms with E-state index in [2.05, 4.69) is 437 Å². The van der Waals surface area contributed by atoms with Crippen LogP contribution in [0.2, 0.25) is 0 Å². The summed E-state index contributed by atoms with van der Waals surface area (Å²) in [5, 5.41) is 4.74. The quantitative estimate of drug-likeness (QED) is 0.108. The largest absolute Gasteiger partial charge is 0.208 e. The standard InChI is InChI=1S/C62H39N3.C62H41N3/c1-3-16-40(17-4-1)41-30-32-44(33-31-41)60-63-59(43-19-5-2-6-20-43)64-61(65-60)47-22-15-21-46(38-47)58-48-23-8-7-18-42(48)34-36-49(58)45-35-37-53-52-26-11-14-29-56(52)62(57(53)39-45)54-27-12-9-24-50(54)51-25-10-13-28-55(51)62;1-5-18-42(19-6-1)43-32-34-46(35-33-43)60-63-59(45-21-7-2-8-22-45)64-61(65-60)49-24-17-23-48(40-49)58-52-29-14-13-20-44(52)36-38-53(58)47-37-39-55-54-30-15-16-31-56(54)62(57(55)41-47,50-25-9-3-10-26-50)51-27-11-4-12-28-51/h1-39H;1-41H. The van der Waals surface area contributed by atoms with Gasteiger partial charge in [-0.2, -0.15) is 0 Å². The van der Waals surface area contributed by atoms with Crippen molar-refractivity contribution in [2.75, 3.05) is 0 Å². The van der Waals surface area contributed by atoms with Crippen LogP contribution in [0.25, 0.3) is 190 Å². The number of benzene rings is 20. The molecule has 6 heteroatoms. The number of hydrogen-bond donors (Lipinski definition) is 0. The minimum Gasteiger partial charge on any atom is -0.208 e. The van der Waals surface area contributed by atoms with Crippen LogP contribution in [0.4, 0.5) is 0 Å². The summed E-state index contributed by atoms with van der Waals surface area (Å²) in [7, 11) is 0. The number of hydrogen-bond acceptors (Lipinski definition) is 6. The van der Waals surface area contributed by atoms with E-state index in [9.17, 15) is 0 Å². The molecule has 0 radical (unpaired) electrons. The van der Waals surface area contributed by atoms with Gasteiger partial charge in [0.15, 0.2) is 34.9 Å². The first-order valence-electron chi connectivity index (χ1n) is 44.4. The topological polar surface area (TPSA) is 77.3 Å². The van der Waals surface area contributed by atoms with E-state index < -0.39 is 10.8 Å². The smallest absolute Gasteiger partial charge is 0.164 e. The van der Waals surface area contributed by atoms with Gasteiger partial charge >= 0.3 is 0 Å². The van der Waals surface area contributed by atoms with Gasteiger partial charge in [0.05, 0.1) is 10.8 Å². The van der Waals surface area contributed by atoms with Crippen molar-refractivity contribution in [2.24, 2.45) is 0 Å². The van der Waals surface area contributed by atoms with Crippen LogP contribution >= 0.6 is 0 Å². The molecule has 0 saturated carbocycles. The zero-order chi connectivity index (χ0) is 86.1. The normalized spacial score (nSPS) is 12.6. The van der Waals surface area contributed by atoms with E-state index in [1.807, 2.05) is 48.5 Å². The van der Waals surface area contributed by atoms with E-state index >= 15 is 0 Å². The monoisotopic (exact) mass is 1650 g/mol. The molecule has 3 aliphatic carbocycles. The van der Waals surface area contributed by atoms with Crippen molar-refractivity contribution in [3.05, 3.63) is 530 Å². The molecule has 2 heterocycles. The molecule has 22 aromatic rings. The van der Waals surface area contributed by atoms with Gasteiger partial charge in [0.25, 0.3) is 0 Å². The van der Waals surface area contributed by atoms with Crippen molar-refractivity contribution < 1.29 is 0 Å². The highest BCUT2D eigenvalue weighted by Crippen LogP contribution is 2.64. The van der Waals surface area contributed by atoms with E-state index in [4.69, 9.17) is 29.9 Å². The Labute approximate surface area is 755 Å². The van der Waals surface area contributed by atoms with Crippen LogP contribution in [-0.2, 0) is 10.8 Å². The Bertz CT molecular complexity index is 7620. The Kier molecular flexibility index (Phi) is 19.0. The van der Waals surface area contributed by atoms with Gasteiger partial charge in [-0.25, -0.2) is 29.9 Å². The minimum atomic E-state index is -0.504. The molecule has 6 nitrogen and oxygen atoms in total. The Morgan fingerprint density at radius 3 is 0.738 bits per heavy atom. The number of fused-ring (bicyclic) bond motifs is 15. The molecule has 1 spiro atoms. The second kappa shape index (κ2) is 32.2. The lowest BCUT2D eigenvalue weighted by Gasteiger charge is -2.34. The zero-order valence-corrected chi connectivity index (χ0v) is 70.9. The van der Waals surface area contributed by atoms with Crippen LogP contribution in [0.5, 0.6) is 0 Å². The Morgan fingerprint density at radius 2 is 0.369 bits per heavy atom. The van der Waals surface area contributed by atoms with Gasteiger partial charge in [-0.1, -0.05) is 461 Å². The predicted molar refractivity (Wildman–Crippen MR) is 534 cm³/mol. The first-order valence-corrected chi connectivity index (χ1v) is 44.4. The Balaban J connectivity index is 0.000000144. The summed E-state index contributed by atoms with van der Waals surface area (Å²) in [5.74, 6) is 3.78. The molecule has 606 valence electrons. The molecule has 20 aromatic carbocycles. The number of rotatable bonds is 14. The predicted octanol–water partition coefficient (Wildman–Crippen LogP) is 30.8. The van der Waals surface area contributed by atoms with Crippen LogP contribution in [0.1, 0.15) is 44.5 Å². The molecule has 0 bridgehead atoms. The van der Waals surface area contributed by atoms with E-state index in [-0.39, 0.29) is 0 Å². The lowest BCUT2D eigenvalue weighted by molar-refractivity contribution is 0.769. The summed E-state index contributed by atoms with van der Waals surface area (Å²) in [6.07, 6.45) is 0. The van der Waals surface area contributed by atoms with Crippen LogP contribution < -0.4 is 0 Å². The van der Waals surface area contributed by atoms with Gasteiger partial charge < -0.3 is 0 Å². The summed E-state index contributed by atoms with van der Waals surface area (Å²) in [6.45, 7) is 0. The van der Waals surface area contributed by atoms with Gasteiger partial charge in [-0.3, -0.25) is 0 Å². The van der Waals surface area contributed by atoms with Crippen molar-refractivity contribution in [1.82, 2.24) is 29.9 Å². The first kappa shape index (κ1) is 76.6. The van der Waals surface area contributed by atoms with Gasteiger partial charge in [0, 0.05) is 33.4 Å². The molecule has 130 heavy (non-hydrogen) atoms. The zero-order valence-electron chi connectivity index (χ0n) is 70.9. The van der Waals surface area contributed by atoms with E-state index in [0.717, 1.165) is 66.8 Å². The average molecular weight is 1650 g/mol. The fourth-order valence-corrected chi connectivity index (χ4v) is 20.7. The molecule has 0 unspecified atom stereocenters. The fraction of sp³-hybridized carbons (Fsp3) is 0.0161. The number of nitrogens with zero attached hydrogens (tertiary/aromatic N) is 6. The van der Waals surface area contributed by atoms with Crippen molar-refractivity contribution in [2.45, 2.75) is 10.8 Å². The summed E-state index contributed by atoms with van der Waals surface area (Å²) in [6, 6.07) is 175. The molecule has 0 fully saturated rings. The molecule has 0 aliphatic heterocycles. The highest BCUT2D eigenvalue weighted by atomic mass is 15.0. The highest BCUT2D eigenvalue weighted by molar-refractivity contribution is 6.08. The maximum atomic E-state index is 5.19. The Morgan fingerprint density at radius 1 is 0.131 bits per heavy atom. The maximum absolute atomic E-state index is 5.19. The lowest BCUT2D eigenvalue weighted by Crippen LogP contribution is -2.28. The van der Waals surface area contributed by atoms with Crippen molar-refractivity contribution in [3.8, 4) is 168 Å². The molecule has 0 N–H and O–H groups in total. The third kappa shape index (κ3) is 13.0. The highest BCUT2D eigenvalue weighted by Gasteiger charge is 2.52. The van der Waals surface area contributed by atoms with Gasteiger partial charge in [0.2, 0.25) is 0 Å². The third-order valence-electron chi connectivity index (χ3n) is 26.6. The summed E-state index contributed by atoms with van der Waals surface area (Å²) < 4.78 is 0.